The molecule has 0 aliphatic carbocycles. The summed E-state index contributed by atoms with van der Waals surface area (Å²) in [6.45, 7) is 2.76. The van der Waals surface area contributed by atoms with Crippen molar-refractivity contribution in [2.24, 2.45) is 0 Å². The van der Waals surface area contributed by atoms with E-state index in [1.165, 1.54) is 31.5 Å². The van der Waals surface area contributed by atoms with E-state index in [4.69, 9.17) is 14.2 Å². The highest BCUT2D eigenvalue weighted by atomic mass is 16.5. The summed E-state index contributed by atoms with van der Waals surface area (Å²) >= 11 is 0. The van der Waals surface area contributed by atoms with Crippen molar-refractivity contribution in [1.82, 2.24) is 9.88 Å². The molecule has 8 nitrogen and oxygen atoms in total. The Morgan fingerprint density at radius 3 is 2.50 bits per heavy atom. The zero-order valence-electron chi connectivity index (χ0n) is 17.1. The lowest BCUT2D eigenvalue weighted by atomic mass is 9.95. The lowest BCUT2D eigenvalue weighted by Gasteiger charge is -2.25. The van der Waals surface area contributed by atoms with Crippen LogP contribution in [0.4, 0.5) is 0 Å². The van der Waals surface area contributed by atoms with Crippen molar-refractivity contribution in [1.29, 1.82) is 0 Å². The monoisotopic (exact) mass is 412 g/mol. The van der Waals surface area contributed by atoms with Gasteiger partial charge in [0.1, 0.15) is 5.76 Å². The minimum absolute atomic E-state index is 0.00789. The van der Waals surface area contributed by atoms with Gasteiger partial charge < -0.3 is 24.2 Å². The number of ether oxygens (including phenoxy) is 3. The molecule has 3 rings (SSSR count). The van der Waals surface area contributed by atoms with E-state index < -0.39 is 17.7 Å². The van der Waals surface area contributed by atoms with Crippen molar-refractivity contribution in [2.75, 3.05) is 34.0 Å². The zero-order valence-corrected chi connectivity index (χ0v) is 17.1. The van der Waals surface area contributed by atoms with Crippen LogP contribution in [0.2, 0.25) is 0 Å². The summed E-state index contributed by atoms with van der Waals surface area (Å²) < 4.78 is 16.1. The van der Waals surface area contributed by atoms with E-state index in [-0.39, 0.29) is 24.5 Å². The topological polar surface area (TPSA) is 98.2 Å². The second-order valence-corrected chi connectivity index (χ2v) is 6.56. The SMILES string of the molecule is CCOc1ccc(C2C(=C(O)c3ccncc3)C(=O)C(=O)N2CCOC)cc1OC. The van der Waals surface area contributed by atoms with Gasteiger partial charge in [-0.2, -0.15) is 0 Å². The van der Waals surface area contributed by atoms with Gasteiger partial charge in [-0.05, 0) is 36.8 Å². The van der Waals surface area contributed by atoms with E-state index in [1.807, 2.05) is 6.92 Å². The van der Waals surface area contributed by atoms with Crippen molar-refractivity contribution < 1.29 is 28.9 Å². The Morgan fingerprint density at radius 1 is 1.13 bits per heavy atom. The predicted molar refractivity (Wildman–Crippen MR) is 109 cm³/mol. The van der Waals surface area contributed by atoms with Crippen LogP contribution in [-0.4, -0.2) is 60.7 Å². The van der Waals surface area contributed by atoms with E-state index in [9.17, 15) is 14.7 Å². The van der Waals surface area contributed by atoms with Gasteiger partial charge in [0.05, 0.1) is 31.9 Å². The number of hydrogen-bond donors (Lipinski definition) is 1. The highest BCUT2D eigenvalue weighted by Gasteiger charge is 2.46. The van der Waals surface area contributed by atoms with Gasteiger partial charge >= 0.3 is 0 Å². The number of hydrogen-bond acceptors (Lipinski definition) is 7. The number of benzene rings is 1. The fourth-order valence-corrected chi connectivity index (χ4v) is 3.44. The zero-order chi connectivity index (χ0) is 21.7. The second-order valence-electron chi connectivity index (χ2n) is 6.56. The number of amides is 1. The molecule has 2 aromatic rings. The molecule has 30 heavy (non-hydrogen) atoms. The molecular weight excluding hydrogens is 388 g/mol. The van der Waals surface area contributed by atoms with Crippen LogP contribution in [0.15, 0.2) is 48.3 Å². The first-order chi connectivity index (χ1) is 14.5. The Bertz CT molecular complexity index is 957. The highest BCUT2D eigenvalue weighted by molar-refractivity contribution is 6.46. The largest absolute Gasteiger partial charge is 0.507 e. The molecule has 1 aromatic carbocycles. The van der Waals surface area contributed by atoms with Crippen molar-refractivity contribution >= 4 is 17.4 Å². The molecule has 1 aliphatic rings. The van der Waals surface area contributed by atoms with Gasteiger partial charge in [0.25, 0.3) is 11.7 Å². The minimum Gasteiger partial charge on any atom is -0.507 e. The summed E-state index contributed by atoms with van der Waals surface area (Å²) in [5.41, 5.74) is 1.02. The Hall–Kier alpha value is -3.39. The van der Waals surface area contributed by atoms with Gasteiger partial charge in [-0.1, -0.05) is 6.07 Å². The van der Waals surface area contributed by atoms with Crippen LogP contribution in [0.1, 0.15) is 24.1 Å². The number of aliphatic hydroxyl groups is 1. The molecule has 1 amide bonds. The number of ketones is 1. The lowest BCUT2D eigenvalue weighted by molar-refractivity contribution is -0.140. The van der Waals surface area contributed by atoms with Crippen LogP contribution >= 0.6 is 0 Å². The van der Waals surface area contributed by atoms with Crippen molar-refractivity contribution in [3.8, 4) is 11.5 Å². The Kier molecular flexibility index (Phi) is 6.68. The molecule has 1 saturated heterocycles. The van der Waals surface area contributed by atoms with Crippen LogP contribution in [0.25, 0.3) is 5.76 Å². The molecule has 1 fully saturated rings. The molecule has 8 heteroatoms. The van der Waals surface area contributed by atoms with Crippen molar-refractivity contribution in [3.63, 3.8) is 0 Å². The number of carbonyl (C=O) groups is 2. The first-order valence-corrected chi connectivity index (χ1v) is 9.51. The van der Waals surface area contributed by atoms with Gasteiger partial charge in [-0.3, -0.25) is 14.6 Å². The molecule has 2 heterocycles. The van der Waals surface area contributed by atoms with E-state index >= 15 is 0 Å². The maximum atomic E-state index is 12.9. The van der Waals surface area contributed by atoms with E-state index in [0.29, 0.717) is 29.2 Å². The normalized spacial score (nSPS) is 18.0. The molecule has 0 saturated carbocycles. The molecule has 1 atom stereocenters. The van der Waals surface area contributed by atoms with Gasteiger partial charge in [0, 0.05) is 31.6 Å². The van der Waals surface area contributed by atoms with Crippen LogP contribution < -0.4 is 9.47 Å². The van der Waals surface area contributed by atoms with E-state index in [0.717, 1.165) is 0 Å². The average molecular weight is 412 g/mol. The highest BCUT2D eigenvalue weighted by Crippen LogP contribution is 2.41. The summed E-state index contributed by atoms with van der Waals surface area (Å²) in [7, 11) is 3.03. The van der Waals surface area contributed by atoms with Gasteiger partial charge in [-0.25, -0.2) is 0 Å². The van der Waals surface area contributed by atoms with Crippen LogP contribution in [-0.2, 0) is 14.3 Å². The van der Waals surface area contributed by atoms with E-state index in [2.05, 4.69) is 4.98 Å². The summed E-state index contributed by atoms with van der Waals surface area (Å²) in [4.78, 5) is 31.0. The standard InChI is InChI=1S/C22H24N2O6/c1-4-30-16-6-5-15(13-17(16)29-3)19-18(20(25)14-7-9-23-10-8-14)21(26)22(27)24(19)11-12-28-2/h5-10,13,19,25H,4,11-12H2,1-3H3. The number of rotatable bonds is 8. The van der Waals surface area contributed by atoms with Gasteiger partial charge in [0.2, 0.25) is 0 Å². The lowest BCUT2D eigenvalue weighted by Crippen LogP contribution is -2.32. The molecule has 158 valence electrons. The number of nitrogens with zero attached hydrogens (tertiary/aromatic N) is 2. The number of aromatic nitrogens is 1. The molecular formula is C22H24N2O6. The summed E-state index contributed by atoms with van der Waals surface area (Å²) in [6, 6.07) is 7.55. The third kappa shape index (κ3) is 3.99. The summed E-state index contributed by atoms with van der Waals surface area (Å²) in [5, 5.41) is 10.9. The Labute approximate surface area is 174 Å². The fourth-order valence-electron chi connectivity index (χ4n) is 3.44. The first kappa shape index (κ1) is 21.3. The van der Waals surface area contributed by atoms with Gasteiger partial charge in [-0.15, -0.1) is 0 Å². The average Bonchev–Trinajstić information content (AvgIpc) is 3.03. The third-order valence-corrected chi connectivity index (χ3v) is 4.83. The molecule has 0 bridgehead atoms. The summed E-state index contributed by atoms with van der Waals surface area (Å²) in [6.07, 6.45) is 3.01. The fraction of sp³-hybridized carbons (Fsp3) is 0.318. The molecule has 1 unspecified atom stereocenters. The van der Waals surface area contributed by atoms with Gasteiger partial charge in [0.15, 0.2) is 11.5 Å². The number of pyridine rings is 1. The quantitative estimate of drug-likeness (QED) is 0.404. The number of Topliss-reactive ketones (excluding diaryl/α,β-unsaturated/α-hetero) is 1. The second kappa shape index (κ2) is 9.41. The van der Waals surface area contributed by atoms with Crippen LogP contribution in [0, 0.1) is 0 Å². The molecule has 0 radical (unpaired) electrons. The maximum absolute atomic E-state index is 12.9. The van der Waals surface area contributed by atoms with Crippen LogP contribution in [0.3, 0.4) is 0 Å². The molecule has 1 aliphatic heterocycles. The third-order valence-electron chi connectivity index (χ3n) is 4.83. The van der Waals surface area contributed by atoms with Crippen LogP contribution in [0.5, 0.6) is 11.5 Å². The maximum Gasteiger partial charge on any atom is 0.295 e. The number of likely N-dealkylation sites (tertiary alicyclic amines) is 1. The minimum atomic E-state index is -0.794. The predicted octanol–water partition coefficient (Wildman–Crippen LogP) is 2.56. The number of carbonyl (C=O) groups excluding carboxylic acids is 2. The molecule has 0 spiro atoms. The van der Waals surface area contributed by atoms with Crippen molar-refractivity contribution in [3.05, 3.63) is 59.4 Å². The Morgan fingerprint density at radius 2 is 1.87 bits per heavy atom. The summed E-state index contributed by atoms with van der Waals surface area (Å²) in [5.74, 6) is -0.686. The van der Waals surface area contributed by atoms with E-state index in [1.54, 1.807) is 30.3 Å². The number of methoxy groups -OCH3 is 2. The first-order valence-electron chi connectivity index (χ1n) is 9.51. The smallest absolute Gasteiger partial charge is 0.295 e. The Balaban J connectivity index is 2.16. The number of aliphatic hydroxyl groups excluding tert-OH is 1. The van der Waals surface area contributed by atoms with Crippen molar-refractivity contribution in [2.45, 2.75) is 13.0 Å². The molecule has 1 N–H and O–H groups in total. The molecule has 1 aromatic heterocycles.